The Labute approximate surface area is 278 Å². The molecule has 0 aliphatic carbocycles. The monoisotopic (exact) mass is 673 g/mol. The van der Waals surface area contributed by atoms with Gasteiger partial charge in [0.2, 0.25) is 5.91 Å². The molecule has 2 aromatic heterocycles. The number of piperidine rings is 1. The van der Waals surface area contributed by atoms with E-state index in [0.717, 1.165) is 5.56 Å². The molecule has 12 nitrogen and oxygen atoms in total. The Kier molecular flexibility index (Phi) is 10.8. The van der Waals surface area contributed by atoms with Crippen molar-refractivity contribution in [1.29, 1.82) is 0 Å². The molecule has 3 N–H and O–H groups in total. The first-order chi connectivity index (χ1) is 21.5. The quantitative estimate of drug-likeness (QED) is 0.305. The van der Waals surface area contributed by atoms with Crippen molar-refractivity contribution in [2.24, 2.45) is 0 Å². The molecule has 2 amide bonds. The molecule has 0 spiro atoms. The lowest BCUT2D eigenvalue weighted by Gasteiger charge is -2.39. The number of likely N-dealkylation sites (tertiary alicyclic amines) is 1. The van der Waals surface area contributed by atoms with Crippen LogP contribution >= 0.6 is 23.2 Å². The van der Waals surface area contributed by atoms with Crippen molar-refractivity contribution in [2.75, 3.05) is 12.3 Å². The van der Waals surface area contributed by atoms with E-state index in [1.165, 1.54) is 9.58 Å². The predicted octanol–water partition coefficient (Wildman–Crippen LogP) is 5.24. The lowest BCUT2D eigenvalue weighted by atomic mass is 9.97. The van der Waals surface area contributed by atoms with E-state index >= 15 is 0 Å². The van der Waals surface area contributed by atoms with Gasteiger partial charge in [-0.3, -0.25) is 14.4 Å². The first-order valence-corrected chi connectivity index (χ1v) is 15.8. The average molecular weight is 675 g/mol. The number of amides is 2. The predicted molar refractivity (Wildman–Crippen MR) is 175 cm³/mol. The number of nitrogen functional groups attached to an aromatic ring is 1. The number of aromatic nitrogens is 4. The van der Waals surface area contributed by atoms with Crippen LogP contribution in [0.4, 0.5) is 10.6 Å². The number of benzene rings is 1. The highest BCUT2D eigenvalue weighted by Gasteiger charge is 2.40. The first kappa shape index (κ1) is 35.0. The minimum absolute atomic E-state index is 0.0658. The number of hydrogen-bond acceptors (Lipinski definition) is 9. The van der Waals surface area contributed by atoms with Crippen LogP contribution in [0.3, 0.4) is 0 Å². The molecular formula is C32H41Cl2N7O5. The Hall–Kier alpha value is -3.90. The highest BCUT2D eigenvalue weighted by atomic mass is 35.5. The molecule has 1 saturated heterocycles. The van der Waals surface area contributed by atoms with Crippen LogP contribution in [0, 0.1) is 0 Å². The summed E-state index contributed by atoms with van der Waals surface area (Å²) < 4.78 is 12.6. The fraction of sp³-hybridized carbons (Fsp3) is 0.500. The molecule has 0 radical (unpaired) electrons. The van der Waals surface area contributed by atoms with E-state index in [4.69, 9.17) is 38.4 Å². The van der Waals surface area contributed by atoms with Crippen LogP contribution in [-0.2, 0) is 38.4 Å². The maximum atomic E-state index is 13.1. The molecule has 1 unspecified atom stereocenters. The van der Waals surface area contributed by atoms with Crippen LogP contribution in [0.15, 0.2) is 36.8 Å². The van der Waals surface area contributed by atoms with Crippen LogP contribution in [0.25, 0.3) is 11.3 Å². The Morgan fingerprint density at radius 3 is 2.35 bits per heavy atom. The second kappa shape index (κ2) is 14.3. The van der Waals surface area contributed by atoms with Gasteiger partial charge in [-0.1, -0.05) is 29.3 Å². The van der Waals surface area contributed by atoms with Crippen molar-refractivity contribution < 1.29 is 23.9 Å². The van der Waals surface area contributed by atoms with Gasteiger partial charge in [0.05, 0.1) is 23.8 Å². The molecule has 1 fully saturated rings. The molecule has 0 saturated carbocycles. The van der Waals surface area contributed by atoms with Crippen LogP contribution < -0.4 is 11.1 Å². The number of esters is 1. The van der Waals surface area contributed by atoms with Crippen molar-refractivity contribution in [3.8, 4) is 11.3 Å². The number of hydrogen-bond donors (Lipinski definition) is 2. The lowest BCUT2D eigenvalue weighted by Crippen LogP contribution is -2.57. The Morgan fingerprint density at radius 1 is 1.02 bits per heavy atom. The maximum Gasteiger partial charge on any atom is 0.411 e. The van der Waals surface area contributed by atoms with Gasteiger partial charge in [0.25, 0.3) is 0 Å². The summed E-state index contributed by atoms with van der Waals surface area (Å²) in [4.78, 5) is 49.4. The molecule has 1 aromatic carbocycles. The molecule has 1 aliphatic rings. The Bertz CT molecular complexity index is 1560. The third-order valence-corrected chi connectivity index (χ3v) is 7.77. The number of nitrogens with one attached hydrogen (secondary N) is 1. The van der Waals surface area contributed by atoms with E-state index in [1.807, 2.05) is 0 Å². The molecule has 248 valence electrons. The number of ether oxygens (including phenoxy) is 2. The zero-order valence-corrected chi connectivity index (χ0v) is 28.5. The number of anilines is 1. The van der Waals surface area contributed by atoms with Crippen LogP contribution in [0.1, 0.15) is 65.6 Å². The van der Waals surface area contributed by atoms with Gasteiger partial charge in [-0.2, -0.15) is 5.10 Å². The fourth-order valence-electron chi connectivity index (χ4n) is 5.01. The van der Waals surface area contributed by atoms with Gasteiger partial charge < -0.3 is 20.5 Å². The number of carbonyl (C=O) groups is 3. The molecule has 0 bridgehead atoms. The number of nitrogens with two attached hydrogens (primary N) is 1. The van der Waals surface area contributed by atoms with Crippen LogP contribution in [0.2, 0.25) is 10.0 Å². The van der Waals surface area contributed by atoms with E-state index in [1.54, 1.807) is 78.3 Å². The van der Waals surface area contributed by atoms with Gasteiger partial charge >= 0.3 is 12.1 Å². The third kappa shape index (κ3) is 9.56. The number of nitrogens with zero attached hydrogens (tertiary/aromatic N) is 5. The third-order valence-electron chi connectivity index (χ3n) is 7.06. The summed E-state index contributed by atoms with van der Waals surface area (Å²) >= 11 is 12.6. The van der Waals surface area contributed by atoms with Crippen molar-refractivity contribution in [2.45, 2.75) is 97.1 Å². The summed E-state index contributed by atoms with van der Waals surface area (Å²) in [5.74, 6) is -0.539. The summed E-state index contributed by atoms with van der Waals surface area (Å²) in [7, 11) is 0. The molecule has 3 aromatic rings. The topological polar surface area (TPSA) is 155 Å². The average Bonchev–Trinajstić information content (AvgIpc) is 3.40. The zero-order valence-electron chi connectivity index (χ0n) is 27.0. The molecular weight excluding hydrogens is 633 g/mol. The zero-order chi connectivity index (χ0) is 33.8. The highest BCUT2D eigenvalue weighted by Crippen LogP contribution is 2.27. The number of halogens is 2. The summed E-state index contributed by atoms with van der Waals surface area (Å²) in [6.07, 6.45) is 5.89. The van der Waals surface area contributed by atoms with E-state index in [-0.39, 0.29) is 31.5 Å². The summed E-state index contributed by atoms with van der Waals surface area (Å²) in [5, 5.41) is 8.45. The Balaban J connectivity index is 1.39. The minimum Gasteiger partial charge on any atom is -0.458 e. The second-order valence-corrected chi connectivity index (χ2v) is 14.0. The van der Waals surface area contributed by atoms with Gasteiger partial charge in [-0.05, 0) is 84.9 Å². The van der Waals surface area contributed by atoms with Crippen molar-refractivity contribution in [3.05, 3.63) is 58.1 Å². The normalized spacial score (nSPS) is 17.0. The van der Waals surface area contributed by atoms with Crippen molar-refractivity contribution in [1.82, 2.24) is 30.0 Å². The van der Waals surface area contributed by atoms with Crippen molar-refractivity contribution in [3.63, 3.8) is 0 Å². The largest absolute Gasteiger partial charge is 0.458 e. The molecule has 46 heavy (non-hydrogen) atoms. The van der Waals surface area contributed by atoms with E-state index in [2.05, 4.69) is 20.4 Å². The maximum absolute atomic E-state index is 13.1. The highest BCUT2D eigenvalue weighted by molar-refractivity contribution is 6.36. The standard InChI is InChI=1S/C32H41Cl2N7O5/c1-31(2,3)45-29(43)26-14-20(12-13-41(26)30(44)46-32(4,5)6)38-27(42)18-40-17-19(15-37-40)25-16-36-28(35)24(39-25)11-10-21-22(33)8-7-9-23(21)34/h7-9,15-17,20,26H,10-14,18H2,1-6H3,(H2,35,36)(H,38,42)/t20?,26-/m1/s1. The van der Waals surface area contributed by atoms with Gasteiger partial charge in [-0.15, -0.1) is 0 Å². The number of rotatable bonds is 8. The molecule has 3 heterocycles. The molecule has 14 heteroatoms. The summed E-state index contributed by atoms with van der Waals surface area (Å²) in [5.41, 5.74) is 7.25. The first-order valence-electron chi connectivity index (χ1n) is 15.1. The van der Waals surface area contributed by atoms with E-state index in [9.17, 15) is 14.4 Å². The molecule has 4 rings (SSSR count). The molecule has 2 atom stereocenters. The van der Waals surface area contributed by atoms with Gasteiger partial charge in [0.1, 0.15) is 29.6 Å². The van der Waals surface area contributed by atoms with E-state index in [0.29, 0.717) is 52.1 Å². The van der Waals surface area contributed by atoms with E-state index < -0.39 is 29.3 Å². The number of carbonyl (C=O) groups excluding carboxylic acids is 3. The van der Waals surface area contributed by atoms with Crippen LogP contribution in [0.5, 0.6) is 0 Å². The number of aryl methyl sites for hydroxylation is 1. The van der Waals surface area contributed by atoms with Crippen LogP contribution in [-0.4, -0.2) is 72.4 Å². The lowest BCUT2D eigenvalue weighted by molar-refractivity contribution is -0.163. The summed E-state index contributed by atoms with van der Waals surface area (Å²) in [6.45, 7) is 10.7. The Morgan fingerprint density at radius 2 is 1.70 bits per heavy atom. The minimum atomic E-state index is -0.906. The molecule has 1 aliphatic heterocycles. The van der Waals surface area contributed by atoms with Crippen molar-refractivity contribution >= 4 is 47.0 Å². The fourth-order valence-corrected chi connectivity index (χ4v) is 5.59. The van der Waals surface area contributed by atoms with Gasteiger partial charge in [0.15, 0.2) is 0 Å². The smallest absolute Gasteiger partial charge is 0.411 e. The van der Waals surface area contributed by atoms with Gasteiger partial charge in [-0.25, -0.2) is 19.6 Å². The SMILES string of the molecule is CC(C)(C)OC(=O)[C@H]1CC(NC(=O)Cn2cc(-c3cnc(N)c(CCc4c(Cl)cccc4Cl)n3)cn2)CCN1C(=O)OC(C)(C)C. The summed E-state index contributed by atoms with van der Waals surface area (Å²) in [6, 6.07) is 4.08. The van der Waals surface area contributed by atoms with Gasteiger partial charge in [0, 0.05) is 34.4 Å². The second-order valence-electron chi connectivity index (χ2n) is 13.2.